The summed E-state index contributed by atoms with van der Waals surface area (Å²) in [5, 5.41) is 3.25. The van der Waals surface area contributed by atoms with Gasteiger partial charge in [-0.05, 0) is 12.1 Å². The topological polar surface area (TPSA) is 0 Å². The van der Waals surface area contributed by atoms with E-state index in [2.05, 4.69) is 0 Å². The lowest BCUT2D eigenvalue weighted by atomic mass is 10.4. The largest absolute Gasteiger partial charge is 0.0858 e. The van der Waals surface area contributed by atoms with Gasteiger partial charge in [0.25, 0.3) is 0 Å². The Labute approximate surface area is 111 Å². The van der Waals surface area contributed by atoms with E-state index in [-0.39, 0.29) is 0 Å². The zero-order valence-corrected chi connectivity index (χ0v) is 11.4. The molecule has 0 saturated heterocycles. The third kappa shape index (κ3) is 2.52. The van der Waals surface area contributed by atoms with E-state index < -0.39 is 7.27 Å². The van der Waals surface area contributed by atoms with E-state index in [4.69, 9.17) is 34.4 Å². The van der Waals surface area contributed by atoms with Crippen LogP contribution in [0.2, 0.25) is 10.0 Å². The Hall–Kier alpha value is -0.260. The normalized spacial score (nSPS) is 10.8. The summed E-state index contributed by atoms with van der Waals surface area (Å²) < 4.78 is 0. The molecule has 0 aliphatic rings. The van der Waals surface area contributed by atoms with Crippen molar-refractivity contribution >= 4 is 52.3 Å². The van der Waals surface area contributed by atoms with Gasteiger partial charge in [-0.2, -0.15) is 0 Å². The summed E-state index contributed by atoms with van der Waals surface area (Å²) >= 11 is 18.7. The summed E-state index contributed by atoms with van der Waals surface area (Å²) in [7, 11) is -1.00. The Morgan fingerprint density at radius 1 is 0.688 bits per heavy atom. The van der Waals surface area contributed by atoms with Gasteiger partial charge >= 0.3 is 0 Å². The summed E-state index contributed by atoms with van der Waals surface area (Å²) in [6.07, 6.45) is 0. The third-order valence-corrected chi connectivity index (χ3v) is 5.77. The lowest BCUT2D eigenvalue weighted by Crippen LogP contribution is -2.09. The first-order valence-electron chi connectivity index (χ1n) is 4.65. The highest BCUT2D eigenvalue weighted by Gasteiger charge is 2.15. The minimum absolute atomic E-state index is 0.684. The van der Waals surface area contributed by atoms with E-state index >= 15 is 0 Å². The number of hydrogen-bond acceptors (Lipinski definition) is 0. The predicted molar refractivity (Wildman–Crippen MR) is 74.9 cm³/mol. The Kier molecular flexibility index (Phi) is 4.10. The second kappa shape index (κ2) is 5.38. The number of hydrogen-bond donors (Lipinski definition) is 0. The fourth-order valence-corrected chi connectivity index (χ4v) is 4.49. The standard InChI is InChI=1S/C12H8Cl3P/c13-9-5-1-3-7-11(9)16(15)12-8-4-2-6-10(12)14/h1-8H. The molecule has 0 unspecified atom stereocenters. The van der Waals surface area contributed by atoms with Gasteiger partial charge in [0, 0.05) is 20.7 Å². The molecule has 2 aromatic carbocycles. The van der Waals surface area contributed by atoms with Crippen LogP contribution in [0.25, 0.3) is 0 Å². The molecule has 0 atom stereocenters. The van der Waals surface area contributed by atoms with Gasteiger partial charge in [0.15, 0.2) is 0 Å². The molecule has 82 valence electrons. The molecule has 0 fully saturated rings. The van der Waals surface area contributed by atoms with E-state index in [9.17, 15) is 0 Å². The van der Waals surface area contributed by atoms with Crippen LogP contribution in [-0.4, -0.2) is 0 Å². The molecule has 0 N–H and O–H groups in total. The minimum Gasteiger partial charge on any atom is -0.0858 e. The Morgan fingerprint density at radius 3 is 1.44 bits per heavy atom. The second-order valence-electron chi connectivity index (χ2n) is 3.18. The third-order valence-electron chi connectivity index (χ3n) is 2.13. The highest BCUT2D eigenvalue weighted by Crippen LogP contribution is 2.42. The van der Waals surface area contributed by atoms with Crippen molar-refractivity contribution in [1.29, 1.82) is 0 Å². The molecule has 0 aliphatic heterocycles. The molecular weight excluding hydrogens is 281 g/mol. The van der Waals surface area contributed by atoms with Crippen LogP contribution in [0.3, 0.4) is 0 Å². The van der Waals surface area contributed by atoms with Crippen molar-refractivity contribution in [2.24, 2.45) is 0 Å². The van der Waals surface area contributed by atoms with Crippen molar-refractivity contribution < 1.29 is 0 Å². The van der Waals surface area contributed by atoms with Crippen LogP contribution in [0.5, 0.6) is 0 Å². The van der Waals surface area contributed by atoms with E-state index in [1.807, 2.05) is 48.5 Å². The van der Waals surface area contributed by atoms with Crippen LogP contribution in [0, 0.1) is 0 Å². The van der Waals surface area contributed by atoms with Gasteiger partial charge in [-0.3, -0.25) is 0 Å². The first kappa shape index (κ1) is 12.2. The van der Waals surface area contributed by atoms with E-state index in [1.54, 1.807) is 0 Å². The van der Waals surface area contributed by atoms with Crippen molar-refractivity contribution in [1.82, 2.24) is 0 Å². The fourth-order valence-electron chi connectivity index (χ4n) is 1.35. The van der Waals surface area contributed by atoms with Crippen LogP contribution >= 0.6 is 41.7 Å². The van der Waals surface area contributed by atoms with Gasteiger partial charge in [0.1, 0.15) is 0 Å². The molecule has 0 radical (unpaired) electrons. The molecule has 0 spiro atoms. The molecule has 4 heteroatoms. The number of halogens is 3. The maximum absolute atomic E-state index is 6.44. The lowest BCUT2D eigenvalue weighted by molar-refractivity contribution is 1.75. The number of benzene rings is 2. The average molecular weight is 290 g/mol. The molecule has 0 heterocycles. The molecule has 0 saturated carbocycles. The average Bonchev–Trinajstić information content (AvgIpc) is 2.29. The van der Waals surface area contributed by atoms with Gasteiger partial charge in [-0.1, -0.05) is 70.8 Å². The van der Waals surface area contributed by atoms with Gasteiger partial charge < -0.3 is 0 Å². The molecule has 0 aliphatic carbocycles. The molecular formula is C12H8Cl3P. The lowest BCUT2D eigenvalue weighted by Gasteiger charge is -2.13. The molecule has 0 aromatic heterocycles. The summed E-state index contributed by atoms with van der Waals surface area (Å²) in [6, 6.07) is 15.2. The maximum atomic E-state index is 6.44. The quantitative estimate of drug-likeness (QED) is 0.710. The zero-order chi connectivity index (χ0) is 11.5. The number of rotatable bonds is 2. The minimum atomic E-state index is -1.00. The SMILES string of the molecule is Clc1ccccc1P(Cl)c1ccccc1Cl. The van der Waals surface area contributed by atoms with Crippen LogP contribution in [0.15, 0.2) is 48.5 Å². The predicted octanol–water partition coefficient (Wildman–Crippen LogP) is 4.58. The molecule has 16 heavy (non-hydrogen) atoms. The Bertz CT molecular complexity index is 454. The molecule has 0 amide bonds. The van der Waals surface area contributed by atoms with Crippen molar-refractivity contribution in [2.75, 3.05) is 0 Å². The Balaban J connectivity index is 2.44. The van der Waals surface area contributed by atoms with Crippen molar-refractivity contribution in [3.05, 3.63) is 58.6 Å². The second-order valence-corrected chi connectivity index (χ2v) is 6.54. The zero-order valence-electron chi connectivity index (χ0n) is 8.20. The van der Waals surface area contributed by atoms with Crippen molar-refractivity contribution in [2.45, 2.75) is 0 Å². The highest BCUT2D eigenvalue weighted by atomic mass is 35.7. The highest BCUT2D eigenvalue weighted by molar-refractivity contribution is 7.96. The maximum Gasteiger partial charge on any atom is 0.0554 e. The first-order chi connectivity index (χ1) is 7.70. The molecule has 0 bridgehead atoms. The molecule has 2 rings (SSSR count). The monoisotopic (exact) mass is 288 g/mol. The van der Waals surface area contributed by atoms with Gasteiger partial charge in [-0.15, -0.1) is 0 Å². The van der Waals surface area contributed by atoms with Crippen molar-refractivity contribution in [3.8, 4) is 0 Å². The van der Waals surface area contributed by atoms with E-state index in [1.165, 1.54) is 0 Å². The summed E-state index contributed by atoms with van der Waals surface area (Å²) in [5.74, 6) is 0. The van der Waals surface area contributed by atoms with Crippen LogP contribution in [-0.2, 0) is 0 Å². The van der Waals surface area contributed by atoms with E-state index in [0.29, 0.717) is 10.0 Å². The van der Waals surface area contributed by atoms with Gasteiger partial charge in [0.05, 0.1) is 7.27 Å². The summed E-state index contributed by atoms with van der Waals surface area (Å²) in [5.41, 5.74) is 0. The van der Waals surface area contributed by atoms with Gasteiger partial charge in [-0.25, -0.2) is 0 Å². The fraction of sp³-hybridized carbons (Fsp3) is 0. The smallest absolute Gasteiger partial charge is 0.0554 e. The first-order valence-corrected chi connectivity index (χ1v) is 7.65. The summed E-state index contributed by atoms with van der Waals surface area (Å²) in [6.45, 7) is 0. The van der Waals surface area contributed by atoms with E-state index in [0.717, 1.165) is 10.6 Å². The van der Waals surface area contributed by atoms with Crippen LogP contribution in [0.1, 0.15) is 0 Å². The molecule has 0 nitrogen and oxygen atoms in total. The molecule has 2 aromatic rings. The van der Waals surface area contributed by atoms with Gasteiger partial charge in [0.2, 0.25) is 0 Å². The van der Waals surface area contributed by atoms with Crippen LogP contribution < -0.4 is 10.6 Å². The van der Waals surface area contributed by atoms with Crippen molar-refractivity contribution in [3.63, 3.8) is 0 Å². The summed E-state index contributed by atoms with van der Waals surface area (Å²) in [4.78, 5) is 0. The van der Waals surface area contributed by atoms with Crippen LogP contribution in [0.4, 0.5) is 0 Å². The Morgan fingerprint density at radius 2 is 1.06 bits per heavy atom.